The lowest BCUT2D eigenvalue weighted by Crippen LogP contribution is -2.19. The van der Waals surface area contributed by atoms with Crippen molar-refractivity contribution in [3.8, 4) is 0 Å². The van der Waals surface area contributed by atoms with Crippen molar-refractivity contribution in [2.24, 2.45) is 5.73 Å². The first-order valence-corrected chi connectivity index (χ1v) is 5.27. The Hall–Kier alpha value is -1.00. The molecule has 1 aromatic rings. The van der Waals surface area contributed by atoms with Crippen LogP contribution in [0, 0.1) is 0 Å². The van der Waals surface area contributed by atoms with Crippen molar-refractivity contribution in [3.63, 3.8) is 0 Å². The first-order chi connectivity index (χ1) is 7.22. The second kappa shape index (κ2) is 6.48. The van der Waals surface area contributed by atoms with E-state index < -0.39 is 0 Å². The molecule has 1 atom stereocenters. The Morgan fingerprint density at radius 3 is 3.00 bits per heavy atom. The van der Waals surface area contributed by atoms with E-state index in [1.165, 1.54) is 0 Å². The number of hydrogen-bond acceptors (Lipinski definition) is 4. The number of methoxy groups -OCH3 is 1. The fraction of sp³-hybridized carbons (Fsp3) is 0.636. The second-order valence-electron chi connectivity index (χ2n) is 3.74. The maximum atomic E-state index is 5.72. The second-order valence-corrected chi connectivity index (χ2v) is 3.74. The lowest BCUT2D eigenvalue weighted by molar-refractivity contribution is 0.194. The van der Waals surface area contributed by atoms with Gasteiger partial charge in [-0.2, -0.15) is 0 Å². The highest BCUT2D eigenvalue weighted by atomic mass is 16.5. The lowest BCUT2D eigenvalue weighted by Gasteiger charge is -2.05. The summed E-state index contributed by atoms with van der Waals surface area (Å²) < 4.78 is 4.98. The third-order valence-corrected chi connectivity index (χ3v) is 2.04. The molecule has 1 rings (SSSR count). The smallest absolute Gasteiger partial charge is 0.128 e. The Morgan fingerprint density at radius 2 is 2.33 bits per heavy atom. The van der Waals surface area contributed by atoms with Crippen LogP contribution in [0.3, 0.4) is 0 Å². The Morgan fingerprint density at radius 1 is 1.53 bits per heavy atom. The molecule has 0 amide bonds. The number of aryl methyl sites for hydroxylation is 1. The number of nitrogens with two attached hydrogens (primary N) is 1. The van der Waals surface area contributed by atoms with Gasteiger partial charge in [-0.15, -0.1) is 0 Å². The van der Waals surface area contributed by atoms with Crippen molar-refractivity contribution >= 4 is 0 Å². The molecule has 0 radical (unpaired) electrons. The van der Waals surface area contributed by atoms with E-state index in [2.05, 4.69) is 9.97 Å². The van der Waals surface area contributed by atoms with E-state index in [9.17, 15) is 0 Å². The zero-order valence-electron chi connectivity index (χ0n) is 9.44. The quantitative estimate of drug-likeness (QED) is 0.708. The summed E-state index contributed by atoms with van der Waals surface area (Å²) in [6.07, 6.45) is 4.42. The van der Waals surface area contributed by atoms with Crippen LogP contribution in [0.1, 0.15) is 24.9 Å². The predicted octanol–water partition coefficient (Wildman–Crippen LogP) is 0.945. The molecule has 0 saturated carbocycles. The van der Waals surface area contributed by atoms with Crippen LogP contribution in [0.5, 0.6) is 0 Å². The molecule has 0 spiro atoms. The standard InChI is InChI=1S/C11H19N3O/c1-9(12)8-10-5-6-13-11(14-10)4-3-7-15-2/h5-6,9H,3-4,7-8,12H2,1-2H3. The summed E-state index contributed by atoms with van der Waals surface area (Å²) >= 11 is 0. The molecule has 0 aliphatic carbocycles. The van der Waals surface area contributed by atoms with Gasteiger partial charge in [0.1, 0.15) is 5.82 Å². The zero-order chi connectivity index (χ0) is 11.1. The Balaban J connectivity index is 2.50. The molecule has 2 N–H and O–H groups in total. The number of hydrogen-bond donors (Lipinski definition) is 1. The van der Waals surface area contributed by atoms with Gasteiger partial charge < -0.3 is 10.5 Å². The molecule has 0 saturated heterocycles. The van der Waals surface area contributed by atoms with Crippen LogP contribution in [0.4, 0.5) is 0 Å². The molecule has 15 heavy (non-hydrogen) atoms. The molecule has 0 aliphatic rings. The molecular weight excluding hydrogens is 190 g/mol. The van der Waals surface area contributed by atoms with Crippen molar-refractivity contribution in [2.45, 2.75) is 32.2 Å². The Bertz CT molecular complexity index is 289. The monoisotopic (exact) mass is 209 g/mol. The minimum absolute atomic E-state index is 0.145. The summed E-state index contributed by atoms with van der Waals surface area (Å²) in [6, 6.07) is 2.06. The Kier molecular flexibility index (Phi) is 5.21. The number of ether oxygens (including phenoxy) is 1. The highest BCUT2D eigenvalue weighted by molar-refractivity contribution is 5.04. The molecule has 4 heteroatoms. The number of rotatable bonds is 6. The first kappa shape index (κ1) is 12.1. The number of nitrogens with zero attached hydrogens (tertiary/aromatic N) is 2. The molecule has 0 fully saturated rings. The van der Waals surface area contributed by atoms with Gasteiger partial charge in [-0.3, -0.25) is 0 Å². The largest absolute Gasteiger partial charge is 0.385 e. The van der Waals surface area contributed by atoms with Crippen molar-refractivity contribution in [1.29, 1.82) is 0 Å². The minimum Gasteiger partial charge on any atom is -0.385 e. The van der Waals surface area contributed by atoms with Crippen LogP contribution in [0.25, 0.3) is 0 Å². The average Bonchev–Trinajstić information content (AvgIpc) is 2.18. The molecule has 4 nitrogen and oxygen atoms in total. The molecule has 0 aliphatic heterocycles. The molecule has 84 valence electrons. The highest BCUT2D eigenvalue weighted by Crippen LogP contribution is 2.01. The number of aromatic nitrogens is 2. The lowest BCUT2D eigenvalue weighted by atomic mass is 10.2. The molecule has 1 aromatic heterocycles. The van der Waals surface area contributed by atoms with Gasteiger partial charge in [0.25, 0.3) is 0 Å². The van der Waals surface area contributed by atoms with E-state index in [-0.39, 0.29) is 6.04 Å². The molecular formula is C11H19N3O. The van der Waals surface area contributed by atoms with Crippen LogP contribution in [0.15, 0.2) is 12.3 Å². The maximum absolute atomic E-state index is 5.72. The van der Waals surface area contributed by atoms with Gasteiger partial charge in [0.15, 0.2) is 0 Å². The van der Waals surface area contributed by atoms with Gasteiger partial charge in [0, 0.05) is 44.5 Å². The van der Waals surface area contributed by atoms with Crippen LogP contribution in [0.2, 0.25) is 0 Å². The zero-order valence-corrected chi connectivity index (χ0v) is 9.44. The fourth-order valence-corrected chi connectivity index (χ4v) is 1.38. The van der Waals surface area contributed by atoms with E-state index in [0.29, 0.717) is 0 Å². The summed E-state index contributed by atoms with van der Waals surface area (Å²) in [4.78, 5) is 8.65. The van der Waals surface area contributed by atoms with E-state index in [1.807, 2.05) is 13.0 Å². The van der Waals surface area contributed by atoms with Gasteiger partial charge in [-0.25, -0.2) is 9.97 Å². The van der Waals surface area contributed by atoms with Gasteiger partial charge in [0.2, 0.25) is 0 Å². The minimum atomic E-state index is 0.145. The summed E-state index contributed by atoms with van der Waals surface area (Å²) in [5.74, 6) is 0.880. The normalized spacial score (nSPS) is 12.7. The summed E-state index contributed by atoms with van der Waals surface area (Å²) in [5, 5.41) is 0. The molecule has 0 bridgehead atoms. The van der Waals surface area contributed by atoms with Gasteiger partial charge in [-0.05, 0) is 19.4 Å². The fourth-order valence-electron chi connectivity index (χ4n) is 1.38. The molecule has 1 heterocycles. The van der Waals surface area contributed by atoms with E-state index in [1.54, 1.807) is 13.3 Å². The van der Waals surface area contributed by atoms with Gasteiger partial charge >= 0.3 is 0 Å². The highest BCUT2D eigenvalue weighted by Gasteiger charge is 2.02. The molecule has 1 unspecified atom stereocenters. The summed E-state index contributed by atoms with van der Waals surface area (Å²) in [7, 11) is 1.70. The van der Waals surface area contributed by atoms with Crippen molar-refractivity contribution in [1.82, 2.24) is 9.97 Å². The Labute approximate surface area is 90.9 Å². The summed E-state index contributed by atoms with van der Waals surface area (Å²) in [6.45, 7) is 2.73. The van der Waals surface area contributed by atoms with Crippen molar-refractivity contribution in [2.75, 3.05) is 13.7 Å². The van der Waals surface area contributed by atoms with Crippen LogP contribution < -0.4 is 5.73 Å². The summed E-state index contributed by atoms with van der Waals surface area (Å²) in [5.41, 5.74) is 6.74. The van der Waals surface area contributed by atoms with Crippen LogP contribution in [-0.2, 0) is 17.6 Å². The first-order valence-electron chi connectivity index (χ1n) is 5.27. The van der Waals surface area contributed by atoms with E-state index in [4.69, 9.17) is 10.5 Å². The van der Waals surface area contributed by atoms with Gasteiger partial charge in [-0.1, -0.05) is 0 Å². The average molecular weight is 209 g/mol. The van der Waals surface area contributed by atoms with E-state index >= 15 is 0 Å². The third-order valence-electron chi connectivity index (χ3n) is 2.04. The van der Waals surface area contributed by atoms with Crippen LogP contribution >= 0.6 is 0 Å². The third kappa shape index (κ3) is 4.85. The van der Waals surface area contributed by atoms with Crippen molar-refractivity contribution < 1.29 is 4.74 Å². The van der Waals surface area contributed by atoms with Gasteiger partial charge in [0.05, 0.1) is 0 Å². The SMILES string of the molecule is COCCCc1nccc(CC(C)N)n1. The predicted molar refractivity (Wildman–Crippen MR) is 59.6 cm³/mol. The topological polar surface area (TPSA) is 61.0 Å². The molecule has 0 aromatic carbocycles. The van der Waals surface area contributed by atoms with Crippen LogP contribution in [-0.4, -0.2) is 29.7 Å². The van der Waals surface area contributed by atoms with E-state index in [0.717, 1.165) is 37.4 Å². The maximum Gasteiger partial charge on any atom is 0.128 e. The van der Waals surface area contributed by atoms with Crippen molar-refractivity contribution in [3.05, 3.63) is 23.8 Å².